The maximum Gasteiger partial charge on any atom is 0.387 e. The molecule has 10 heteroatoms. The summed E-state index contributed by atoms with van der Waals surface area (Å²) in [7, 11) is -0.0361. The van der Waals surface area contributed by atoms with E-state index < -0.39 is 26.3 Å². The van der Waals surface area contributed by atoms with E-state index in [2.05, 4.69) is 24.4 Å². The van der Waals surface area contributed by atoms with E-state index in [1.807, 2.05) is 0 Å². The van der Waals surface area contributed by atoms with Crippen molar-refractivity contribution < 1.29 is 27.8 Å². The number of hydrogen-bond acceptors (Lipinski definition) is 5. The molecular weight excluding hydrogens is 438 g/mol. The molecule has 0 atom stereocenters. The highest BCUT2D eigenvalue weighted by atomic mass is 28.3. The maximum atomic E-state index is 13.3. The fourth-order valence-electron chi connectivity index (χ4n) is 3.21. The summed E-state index contributed by atoms with van der Waals surface area (Å²) in [5, 5.41) is 0. The molecule has 0 amide bonds. The van der Waals surface area contributed by atoms with Crippen molar-refractivity contribution in [3.63, 3.8) is 0 Å². The van der Waals surface area contributed by atoms with Crippen LogP contribution in [-0.4, -0.2) is 43.5 Å². The van der Waals surface area contributed by atoms with E-state index in [-0.39, 0.29) is 18.0 Å². The van der Waals surface area contributed by atoms with Crippen molar-refractivity contribution in [3.8, 4) is 11.4 Å². The van der Waals surface area contributed by atoms with Gasteiger partial charge in [-0.05, 0) is 36.4 Å². The van der Waals surface area contributed by atoms with E-state index >= 15 is 0 Å². The molecule has 0 radical (unpaired) electrons. The molecule has 172 valence electrons. The summed E-state index contributed by atoms with van der Waals surface area (Å²) >= 11 is 0. The molecule has 0 saturated carbocycles. The largest absolute Gasteiger partial charge is 0.465 e. The number of benzene rings is 2. The van der Waals surface area contributed by atoms with Crippen LogP contribution in [0.15, 0.2) is 47.3 Å². The summed E-state index contributed by atoms with van der Waals surface area (Å²) in [4.78, 5) is 25.3. The zero-order valence-electron chi connectivity index (χ0n) is 18.4. The average molecular weight is 465 g/mol. The second kappa shape index (κ2) is 9.66. The Balaban J connectivity index is 2.08. The molecule has 1 aromatic heterocycles. The fourth-order valence-corrected chi connectivity index (χ4v) is 3.96. The Kier molecular flexibility index (Phi) is 7.14. The molecule has 0 bridgehead atoms. The molecule has 32 heavy (non-hydrogen) atoms. The third-order valence-electron chi connectivity index (χ3n) is 4.87. The summed E-state index contributed by atoms with van der Waals surface area (Å²) < 4.78 is 43.1. The van der Waals surface area contributed by atoms with E-state index in [4.69, 9.17) is 9.47 Å². The van der Waals surface area contributed by atoms with Crippen LogP contribution in [0.4, 0.5) is 8.78 Å². The van der Waals surface area contributed by atoms with Crippen molar-refractivity contribution in [3.05, 3.63) is 58.5 Å². The molecule has 3 aromatic rings. The number of ether oxygens (including phenoxy) is 3. The van der Waals surface area contributed by atoms with Crippen LogP contribution in [0.5, 0.6) is 5.75 Å². The number of hydrogen-bond donors (Lipinski definition) is 0. The lowest BCUT2D eigenvalue weighted by molar-refractivity contribution is -0.0498. The summed E-state index contributed by atoms with van der Waals surface area (Å²) in [5.74, 6) is -0.603. The number of imidazole rings is 1. The molecular formula is C22H26F2N2O5Si. The molecule has 0 N–H and O–H groups in total. The van der Waals surface area contributed by atoms with Crippen molar-refractivity contribution in [1.29, 1.82) is 0 Å². The standard InChI is InChI=1S/C22H26F2N2O5Si/c1-29-20(27)15-8-9-18-19(12-15)25(14-30-10-11-32(2,3)4)22(28)26(18)16-6-5-7-17(13-16)31-21(23)24/h5-9,12-13,21H,10-11,14H2,1-4H3. The first-order valence-electron chi connectivity index (χ1n) is 10.1. The molecule has 1 heterocycles. The van der Waals surface area contributed by atoms with Gasteiger partial charge in [-0.15, -0.1) is 0 Å². The number of aromatic nitrogens is 2. The second-order valence-electron chi connectivity index (χ2n) is 8.46. The Morgan fingerprint density at radius 2 is 1.84 bits per heavy atom. The fraction of sp³-hybridized carbons (Fsp3) is 0.364. The van der Waals surface area contributed by atoms with Gasteiger partial charge >= 0.3 is 18.3 Å². The van der Waals surface area contributed by atoms with Crippen LogP contribution in [-0.2, 0) is 16.2 Å². The number of carbonyl (C=O) groups is 1. The lowest BCUT2D eigenvalue weighted by atomic mass is 10.2. The quantitative estimate of drug-likeness (QED) is 0.265. The minimum atomic E-state index is -2.98. The third kappa shape index (κ3) is 5.43. The first-order valence-corrected chi connectivity index (χ1v) is 13.8. The van der Waals surface area contributed by atoms with Gasteiger partial charge in [0.05, 0.1) is 29.4 Å². The van der Waals surface area contributed by atoms with Crippen molar-refractivity contribution >= 4 is 25.1 Å². The average Bonchev–Trinajstić information content (AvgIpc) is 3.00. The van der Waals surface area contributed by atoms with E-state index in [9.17, 15) is 18.4 Å². The maximum absolute atomic E-state index is 13.3. The molecule has 7 nitrogen and oxygen atoms in total. The van der Waals surface area contributed by atoms with Crippen LogP contribution in [0.1, 0.15) is 10.4 Å². The SMILES string of the molecule is COC(=O)c1ccc2c(c1)n(COCC[Si](C)(C)C)c(=O)n2-c1cccc(OC(F)F)c1. The summed E-state index contributed by atoms with van der Waals surface area (Å²) in [5.41, 5.74) is 1.16. The molecule has 0 saturated heterocycles. The van der Waals surface area contributed by atoms with Crippen molar-refractivity contribution in [2.24, 2.45) is 0 Å². The summed E-state index contributed by atoms with van der Waals surface area (Å²) in [6, 6.07) is 11.5. The van der Waals surface area contributed by atoms with Gasteiger partial charge in [0, 0.05) is 20.7 Å². The van der Waals surface area contributed by atoms with E-state index in [1.54, 1.807) is 24.3 Å². The van der Waals surface area contributed by atoms with Gasteiger partial charge in [-0.1, -0.05) is 25.7 Å². The van der Waals surface area contributed by atoms with Crippen LogP contribution in [0.2, 0.25) is 25.7 Å². The van der Waals surface area contributed by atoms with E-state index in [0.717, 1.165) is 6.04 Å². The van der Waals surface area contributed by atoms with Crippen molar-refractivity contribution in [2.45, 2.75) is 39.0 Å². The Morgan fingerprint density at radius 1 is 1.09 bits per heavy atom. The molecule has 3 rings (SSSR count). The van der Waals surface area contributed by atoms with Gasteiger partial charge in [0.1, 0.15) is 12.5 Å². The molecule has 2 aromatic carbocycles. The Hall–Kier alpha value is -2.98. The zero-order chi connectivity index (χ0) is 23.5. The topological polar surface area (TPSA) is 71.7 Å². The number of esters is 1. The monoisotopic (exact) mass is 464 g/mol. The van der Waals surface area contributed by atoms with Gasteiger partial charge in [0.25, 0.3) is 0 Å². The van der Waals surface area contributed by atoms with Crippen LogP contribution in [0.3, 0.4) is 0 Å². The van der Waals surface area contributed by atoms with Crippen LogP contribution in [0, 0.1) is 0 Å². The highest BCUT2D eigenvalue weighted by Gasteiger charge is 2.19. The molecule has 0 aliphatic rings. The van der Waals surface area contributed by atoms with Crippen LogP contribution in [0.25, 0.3) is 16.7 Å². The van der Waals surface area contributed by atoms with Crippen molar-refractivity contribution in [1.82, 2.24) is 9.13 Å². The molecule has 0 spiro atoms. The lowest BCUT2D eigenvalue weighted by Gasteiger charge is -2.15. The first kappa shape index (κ1) is 23.7. The first-order chi connectivity index (χ1) is 15.1. The number of fused-ring (bicyclic) bond motifs is 1. The Bertz CT molecular complexity index is 1170. The third-order valence-corrected chi connectivity index (χ3v) is 6.57. The normalized spacial score (nSPS) is 11.8. The molecule has 0 aliphatic carbocycles. The number of nitrogens with zero attached hydrogens (tertiary/aromatic N) is 2. The molecule has 0 aliphatic heterocycles. The number of carbonyl (C=O) groups excluding carboxylic acids is 1. The summed E-state index contributed by atoms with van der Waals surface area (Å²) in [6.07, 6.45) is 0. The highest BCUT2D eigenvalue weighted by molar-refractivity contribution is 6.76. The van der Waals surface area contributed by atoms with Crippen LogP contribution >= 0.6 is 0 Å². The summed E-state index contributed by atoms with van der Waals surface area (Å²) in [6.45, 7) is 4.20. The van der Waals surface area contributed by atoms with Gasteiger partial charge in [-0.2, -0.15) is 8.78 Å². The van der Waals surface area contributed by atoms with Gasteiger partial charge < -0.3 is 14.2 Å². The predicted octanol–water partition coefficient (Wildman–Crippen LogP) is 4.49. The van der Waals surface area contributed by atoms with E-state index in [1.165, 1.54) is 34.4 Å². The predicted molar refractivity (Wildman–Crippen MR) is 120 cm³/mol. The van der Waals surface area contributed by atoms with Crippen LogP contribution < -0.4 is 10.4 Å². The smallest absolute Gasteiger partial charge is 0.387 e. The highest BCUT2D eigenvalue weighted by Crippen LogP contribution is 2.23. The Labute approximate surface area is 185 Å². The lowest BCUT2D eigenvalue weighted by Crippen LogP contribution is -2.26. The molecule has 0 unspecified atom stereocenters. The van der Waals surface area contributed by atoms with Gasteiger partial charge in [0.15, 0.2) is 0 Å². The van der Waals surface area contributed by atoms with Gasteiger partial charge in [0.2, 0.25) is 0 Å². The number of halogens is 2. The minimum absolute atomic E-state index is 0.00926. The van der Waals surface area contributed by atoms with Crippen molar-refractivity contribution in [2.75, 3.05) is 13.7 Å². The van der Waals surface area contributed by atoms with Gasteiger partial charge in [-0.3, -0.25) is 9.13 Å². The number of methoxy groups -OCH3 is 1. The van der Waals surface area contributed by atoms with E-state index in [0.29, 0.717) is 23.3 Å². The minimum Gasteiger partial charge on any atom is -0.465 e. The zero-order valence-corrected chi connectivity index (χ0v) is 19.4. The second-order valence-corrected chi connectivity index (χ2v) is 14.1. The molecule has 0 fully saturated rings. The Morgan fingerprint density at radius 3 is 2.50 bits per heavy atom. The number of rotatable bonds is 9. The van der Waals surface area contributed by atoms with Gasteiger partial charge in [-0.25, -0.2) is 9.59 Å². The number of alkyl halides is 2.